The van der Waals surface area contributed by atoms with Crippen molar-refractivity contribution in [1.82, 2.24) is 5.32 Å². The first-order chi connectivity index (χ1) is 13.6. The molecule has 0 fully saturated rings. The summed E-state index contributed by atoms with van der Waals surface area (Å²) in [5.41, 5.74) is 7.43. The van der Waals surface area contributed by atoms with Crippen LogP contribution in [0.1, 0.15) is 32.3 Å². The Labute approximate surface area is 168 Å². The minimum atomic E-state index is -1.82. The van der Waals surface area contributed by atoms with Crippen molar-refractivity contribution < 1.29 is 34.1 Å². The first kappa shape index (κ1) is 23.9. The number of nitrogens with one attached hydrogen (secondary N) is 1. The van der Waals surface area contributed by atoms with Gasteiger partial charge in [-0.1, -0.05) is 13.3 Å². The van der Waals surface area contributed by atoms with Crippen LogP contribution in [0.15, 0.2) is 18.2 Å². The zero-order valence-electron chi connectivity index (χ0n) is 16.7. The fraction of sp³-hybridized carbons (Fsp3) is 0.474. The molecule has 29 heavy (non-hydrogen) atoms. The molecular formula is C19H27N3O7. The summed E-state index contributed by atoms with van der Waals surface area (Å²) in [6.45, 7) is 4.32. The van der Waals surface area contributed by atoms with Crippen molar-refractivity contribution in [1.29, 1.82) is 0 Å². The van der Waals surface area contributed by atoms with Crippen LogP contribution in [-0.4, -0.2) is 59.7 Å². The van der Waals surface area contributed by atoms with Gasteiger partial charge in [0.05, 0.1) is 13.2 Å². The molecule has 0 saturated carbocycles. The van der Waals surface area contributed by atoms with Crippen molar-refractivity contribution in [3.05, 3.63) is 23.8 Å². The maximum Gasteiger partial charge on any atom is 0.414 e. The van der Waals surface area contributed by atoms with E-state index in [4.69, 9.17) is 30.3 Å². The summed E-state index contributed by atoms with van der Waals surface area (Å²) in [5.74, 6) is -3.32. The summed E-state index contributed by atoms with van der Waals surface area (Å²) in [7, 11) is 1.59. The quantitative estimate of drug-likeness (QED) is 0.387. The number of hydrogen-bond donors (Lipinski definition) is 4. The predicted octanol–water partition coefficient (Wildman–Crippen LogP) is 0.372. The van der Waals surface area contributed by atoms with E-state index >= 15 is 0 Å². The predicted molar refractivity (Wildman–Crippen MR) is 105 cm³/mol. The van der Waals surface area contributed by atoms with Crippen LogP contribution < -0.4 is 20.7 Å². The highest BCUT2D eigenvalue weighted by Crippen LogP contribution is 2.35. The molecule has 0 bridgehead atoms. The molecule has 2 atom stereocenters. The maximum absolute atomic E-state index is 12.5. The third kappa shape index (κ3) is 6.46. The normalized spacial score (nSPS) is 15.4. The summed E-state index contributed by atoms with van der Waals surface area (Å²) in [4.78, 5) is 44.7. The Morgan fingerprint density at radius 1 is 1.28 bits per heavy atom. The van der Waals surface area contributed by atoms with Gasteiger partial charge in [-0.25, -0.2) is 9.59 Å². The standard InChI is InChI=1S/C17H25N3O3.C2H2O4/c1-4-5-8-19-16(21)15-10-12-9-13(23-3)6-7-14(12)20(15)17(22)11(2)18;3-1(4)2(5)6/h6-7,9,11,15H,4-5,8,10,18H2,1-3H3,(H,19,21);(H,3,4)(H,5,6)/t11-,15-;/m0./s1. The zero-order chi connectivity index (χ0) is 22.1. The number of fused-ring (bicyclic) bond motifs is 1. The second-order valence-electron chi connectivity index (χ2n) is 6.47. The first-order valence-electron chi connectivity index (χ1n) is 9.13. The molecule has 2 amide bonds. The Bertz CT molecular complexity index is 752. The fourth-order valence-corrected chi connectivity index (χ4v) is 2.76. The molecule has 1 heterocycles. The van der Waals surface area contributed by atoms with E-state index in [1.54, 1.807) is 20.1 Å². The number of nitrogens with zero attached hydrogens (tertiary/aromatic N) is 1. The van der Waals surface area contributed by atoms with Gasteiger partial charge in [-0.3, -0.25) is 14.5 Å². The monoisotopic (exact) mass is 409 g/mol. The van der Waals surface area contributed by atoms with E-state index in [2.05, 4.69) is 12.2 Å². The molecule has 5 N–H and O–H groups in total. The molecule has 1 aliphatic heterocycles. The number of methoxy groups -OCH3 is 1. The van der Waals surface area contributed by atoms with E-state index in [1.807, 2.05) is 12.1 Å². The van der Waals surface area contributed by atoms with Gasteiger partial charge in [-0.15, -0.1) is 0 Å². The third-order valence-electron chi connectivity index (χ3n) is 4.21. The highest BCUT2D eigenvalue weighted by molar-refractivity contribution is 6.27. The van der Waals surface area contributed by atoms with Crippen LogP contribution in [-0.2, 0) is 25.6 Å². The lowest BCUT2D eigenvalue weighted by atomic mass is 10.1. The van der Waals surface area contributed by atoms with Gasteiger partial charge in [0.2, 0.25) is 11.8 Å². The highest BCUT2D eigenvalue weighted by atomic mass is 16.5. The number of aliphatic carboxylic acids is 2. The molecule has 160 valence electrons. The molecule has 10 heteroatoms. The van der Waals surface area contributed by atoms with Crippen molar-refractivity contribution in [2.24, 2.45) is 5.73 Å². The summed E-state index contributed by atoms with van der Waals surface area (Å²) >= 11 is 0. The number of anilines is 1. The third-order valence-corrected chi connectivity index (χ3v) is 4.21. The molecule has 0 radical (unpaired) electrons. The van der Waals surface area contributed by atoms with E-state index in [1.165, 1.54) is 4.90 Å². The number of rotatable bonds is 6. The number of carboxylic acids is 2. The Hall–Kier alpha value is -3.14. The molecule has 10 nitrogen and oxygen atoms in total. The highest BCUT2D eigenvalue weighted by Gasteiger charge is 2.39. The molecule has 2 rings (SSSR count). The van der Waals surface area contributed by atoms with Crippen LogP contribution in [0.5, 0.6) is 5.75 Å². The topological polar surface area (TPSA) is 159 Å². The van der Waals surface area contributed by atoms with Gasteiger partial charge in [0, 0.05) is 18.7 Å². The number of carbonyl (C=O) groups is 4. The number of amides is 2. The van der Waals surface area contributed by atoms with Crippen molar-refractivity contribution >= 4 is 29.4 Å². The molecule has 1 aromatic carbocycles. The van der Waals surface area contributed by atoms with E-state index < -0.39 is 24.0 Å². The van der Waals surface area contributed by atoms with Crippen molar-refractivity contribution in [2.45, 2.75) is 45.2 Å². The molecule has 1 aliphatic rings. The van der Waals surface area contributed by atoms with Crippen LogP contribution in [0.3, 0.4) is 0 Å². The maximum atomic E-state index is 12.5. The van der Waals surface area contributed by atoms with Crippen molar-refractivity contribution in [3.8, 4) is 5.75 Å². The van der Waals surface area contributed by atoms with Gasteiger partial charge in [-0.05, 0) is 37.1 Å². The van der Waals surface area contributed by atoms with Gasteiger partial charge in [-0.2, -0.15) is 0 Å². The number of carboxylic acid groups (broad SMARTS) is 2. The number of ether oxygens (including phenoxy) is 1. The lowest BCUT2D eigenvalue weighted by Gasteiger charge is -2.26. The summed E-state index contributed by atoms with van der Waals surface area (Å²) < 4.78 is 5.23. The molecule has 0 aromatic heterocycles. The van der Waals surface area contributed by atoms with Crippen molar-refractivity contribution in [2.75, 3.05) is 18.6 Å². The molecule has 0 aliphatic carbocycles. The minimum Gasteiger partial charge on any atom is -0.497 e. The van der Waals surface area contributed by atoms with Gasteiger partial charge in [0.15, 0.2) is 0 Å². The lowest BCUT2D eigenvalue weighted by Crippen LogP contribution is -2.52. The largest absolute Gasteiger partial charge is 0.497 e. The number of hydrogen-bond acceptors (Lipinski definition) is 6. The van der Waals surface area contributed by atoms with Gasteiger partial charge >= 0.3 is 11.9 Å². The van der Waals surface area contributed by atoms with E-state index in [0.717, 1.165) is 24.1 Å². The lowest BCUT2D eigenvalue weighted by molar-refractivity contribution is -0.159. The second kappa shape index (κ2) is 11.0. The Kier molecular flexibility index (Phi) is 9.07. The van der Waals surface area contributed by atoms with Crippen LogP contribution in [0.4, 0.5) is 5.69 Å². The van der Waals surface area contributed by atoms with Gasteiger partial charge < -0.3 is 26.0 Å². The van der Waals surface area contributed by atoms with E-state index in [9.17, 15) is 9.59 Å². The van der Waals surface area contributed by atoms with E-state index in [0.29, 0.717) is 18.7 Å². The smallest absolute Gasteiger partial charge is 0.414 e. The number of nitrogens with two attached hydrogens (primary N) is 1. The van der Waals surface area contributed by atoms with Crippen LogP contribution >= 0.6 is 0 Å². The summed E-state index contributed by atoms with van der Waals surface area (Å²) in [6.07, 6.45) is 2.40. The SMILES string of the molecule is CCCCNC(=O)[C@@H]1Cc2cc(OC)ccc2N1C(=O)[C@H](C)N.O=C(O)C(=O)O. The molecular weight excluding hydrogens is 382 g/mol. The van der Waals surface area contributed by atoms with Gasteiger partial charge in [0.1, 0.15) is 11.8 Å². The number of benzene rings is 1. The molecule has 1 aromatic rings. The van der Waals surface area contributed by atoms with E-state index in [-0.39, 0.29) is 11.8 Å². The molecule has 0 unspecified atom stereocenters. The Balaban J connectivity index is 0.000000612. The summed E-state index contributed by atoms with van der Waals surface area (Å²) in [5, 5.41) is 17.7. The van der Waals surface area contributed by atoms with Crippen molar-refractivity contribution in [3.63, 3.8) is 0 Å². The molecule has 0 spiro atoms. The van der Waals surface area contributed by atoms with Crippen LogP contribution in [0.25, 0.3) is 0 Å². The van der Waals surface area contributed by atoms with Gasteiger partial charge in [0.25, 0.3) is 0 Å². The fourth-order valence-electron chi connectivity index (χ4n) is 2.76. The average Bonchev–Trinajstić information content (AvgIpc) is 3.06. The Morgan fingerprint density at radius 3 is 2.38 bits per heavy atom. The zero-order valence-corrected chi connectivity index (χ0v) is 16.7. The van der Waals surface area contributed by atoms with Crippen LogP contribution in [0, 0.1) is 0 Å². The number of carbonyl (C=O) groups excluding carboxylic acids is 2. The second-order valence-corrected chi connectivity index (χ2v) is 6.47. The number of unbranched alkanes of at least 4 members (excludes halogenated alkanes) is 1. The summed E-state index contributed by atoms with van der Waals surface area (Å²) in [6, 6.07) is 4.27. The first-order valence-corrected chi connectivity index (χ1v) is 9.13. The molecule has 0 saturated heterocycles. The van der Waals surface area contributed by atoms with Crippen LogP contribution in [0.2, 0.25) is 0 Å². The average molecular weight is 409 g/mol. The Morgan fingerprint density at radius 2 is 1.90 bits per heavy atom. The minimum absolute atomic E-state index is 0.136.